The molecule has 0 aliphatic heterocycles. The molecule has 32 heavy (non-hydrogen) atoms. The molecule has 0 bridgehead atoms. The zero-order valence-corrected chi connectivity index (χ0v) is 24.5. The SMILES string of the molecule is CCCO[Si](CCCN(C)C)(OCCC)O[Si](CCCN(C)C)(OCCC)OCCC.N. The Kier molecular flexibility index (Phi) is 21.9. The molecule has 8 nitrogen and oxygen atoms in total. The number of nitrogens with zero attached hydrogens (tertiary/aromatic N) is 2. The Morgan fingerprint density at radius 3 is 1.03 bits per heavy atom. The molecule has 0 spiro atoms. The Labute approximate surface area is 201 Å². The summed E-state index contributed by atoms with van der Waals surface area (Å²) in [5.74, 6) is 0. The van der Waals surface area contributed by atoms with Gasteiger partial charge in [0.05, 0.1) is 0 Å². The summed E-state index contributed by atoms with van der Waals surface area (Å²) in [5.41, 5.74) is 0. The van der Waals surface area contributed by atoms with Crippen LogP contribution >= 0.6 is 0 Å². The molecule has 196 valence electrons. The molecule has 0 unspecified atom stereocenters. The molecular weight excluding hydrogens is 442 g/mol. The van der Waals surface area contributed by atoms with Gasteiger partial charge in [-0.1, -0.05) is 27.7 Å². The lowest BCUT2D eigenvalue weighted by Gasteiger charge is -2.39. The first kappa shape index (κ1) is 34.3. The lowest BCUT2D eigenvalue weighted by atomic mass is 10.5. The molecule has 0 aromatic heterocycles. The van der Waals surface area contributed by atoms with E-state index in [1.165, 1.54) is 0 Å². The molecule has 0 atom stereocenters. The first-order chi connectivity index (χ1) is 14.8. The molecule has 0 aliphatic carbocycles. The van der Waals surface area contributed by atoms with Gasteiger partial charge in [-0.05, 0) is 79.8 Å². The van der Waals surface area contributed by atoms with Gasteiger partial charge in [0.1, 0.15) is 0 Å². The van der Waals surface area contributed by atoms with Gasteiger partial charge in [0.2, 0.25) is 0 Å². The van der Waals surface area contributed by atoms with E-state index in [-0.39, 0.29) is 6.15 Å². The van der Waals surface area contributed by atoms with Crippen LogP contribution in [0.4, 0.5) is 0 Å². The third-order valence-corrected chi connectivity index (χ3v) is 11.6. The average Bonchev–Trinajstić information content (AvgIpc) is 2.72. The van der Waals surface area contributed by atoms with E-state index in [0.29, 0.717) is 26.4 Å². The monoisotopic (exact) mass is 497 g/mol. The maximum atomic E-state index is 6.95. The summed E-state index contributed by atoms with van der Waals surface area (Å²) >= 11 is 0. The molecule has 0 aromatic rings. The van der Waals surface area contributed by atoms with Crippen LogP contribution in [0.15, 0.2) is 0 Å². The van der Waals surface area contributed by atoms with Crippen LogP contribution in [-0.4, -0.2) is 95.1 Å². The molecule has 0 rings (SSSR count). The third-order valence-electron chi connectivity index (χ3n) is 4.59. The topological polar surface area (TPSA) is 87.6 Å². The summed E-state index contributed by atoms with van der Waals surface area (Å²) in [4.78, 5) is 4.39. The fraction of sp³-hybridized carbons (Fsp3) is 1.00. The molecule has 0 amide bonds. The normalized spacial score (nSPS) is 12.6. The highest BCUT2D eigenvalue weighted by molar-refractivity contribution is 6.75. The number of rotatable bonds is 22. The maximum Gasteiger partial charge on any atom is 0.493 e. The lowest BCUT2D eigenvalue weighted by molar-refractivity contribution is 0.0395. The summed E-state index contributed by atoms with van der Waals surface area (Å²) in [7, 11) is 2.49. The summed E-state index contributed by atoms with van der Waals surface area (Å²) < 4.78 is 32.7. The van der Waals surface area contributed by atoms with Crippen LogP contribution in [0.3, 0.4) is 0 Å². The lowest BCUT2D eigenvalue weighted by Crippen LogP contribution is -2.59. The van der Waals surface area contributed by atoms with E-state index in [2.05, 4.69) is 65.7 Å². The fourth-order valence-corrected chi connectivity index (χ4v) is 10.7. The van der Waals surface area contributed by atoms with Crippen molar-refractivity contribution in [3.8, 4) is 0 Å². The summed E-state index contributed by atoms with van der Waals surface area (Å²) in [6.45, 7) is 13.0. The van der Waals surface area contributed by atoms with E-state index in [1.54, 1.807) is 0 Å². The molecule has 0 saturated heterocycles. The summed E-state index contributed by atoms with van der Waals surface area (Å²) in [6.07, 6.45) is 5.67. The van der Waals surface area contributed by atoms with Gasteiger partial charge >= 0.3 is 17.6 Å². The molecule has 0 aliphatic rings. The summed E-state index contributed by atoms with van der Waals surface area (Å²) in [5, 5.41) is 0. The van der Waals surface area contributed by atoms with Gasteiger partial charge in [-0.15, -0.1) is 0 Å². The van der Waals surface area contributed by atoms with Crippen molar-refractivity contribution in [3.63, 3.8) is 0 Å². The predicted molar refractivity (Wildman–Crippen MR) is 139 cm³/mol. The van der Waals surface area contributed by atoms with Gasteiger partial charge in [0.25, 0.3) is 0 Å². The van der Waals surface area contributed by atoms with E-state index >= 15 is 0 Å². The van der Waals surface area contributed by atoms with Crippen LogP contribution in [0.5, 0.6) is 0 Å². The number of hydrogen-bond donors (Lipinski definition) is 1. The van der Waals surface area contributed by atoms with Gasteiger partial charge in [-0.3, -0.25) is 0 Å². The zero-order valence-electron chi connectivity index (χ0n) is 22.5. The van der Waals surface area contributed by atoms with E-state index in [0.717, 1.165) is 63.7 Å². The smallest absolute Gasteiger partial charge is 0.374 e. The van der Waals surface area contributed by atoms with Crippen LogP contribution in [-0.2, 0) is 21.8 Å². The van der Waals surface area contributed by atoms with Crippen LogP contribution in [0.25, 0.3) is 0 Å². The molecule has 0 saturated carbocycles. The maximum absolute atomic E-state index is 6.95. The van der Waals surface area contributed by atoms with Crippen molar-refractivity contribution < 1.29 is 21.8 Å². The minimum absolute atomic E-state index is 0. The second-order valence-electron chi connectivity index (χ2n) is 8.68. The van der Waals surface area contributed by atoms with Crippen molar-refractivity contribution >= 4 is 17.6 Å². The van der Waals surface area contributed by atoms with Crippen molar-refractivity contribution in [2.24, 2.45) is 0 Å². The van der Waals surface area contributed by atoms with Gasteiger partial charge in [-0.25, -0.2) is 0 Å². The molecular formula is C22H55N3O5Si2. The first-order valence-electron chi connectivity index (χ1n) is 12.3. The van der Waals surface area contributed by atoms with E-state index in [9.17, 15) is 0 Å². The van der Waals surface area contributed by atoms with E-state index in [1.807, 2.05) is 0 Å². The quantitative estimate of drug-likeness (QED) is 0.216. The van der Waals surface area contributed by atoms with Crippen LogP contribution in [0.2, 0.25) is 12.1 Å². The van der Waals surface area contributed by atoms with E-state index < -0.39 is 17.6 Å². The standard InChI is InChI=1S/C22H52N2O5Si2.H3N/c1-9-17-25-30(26-18-10-2,21-13-15-23(5)6)29-31(27-19-11-3,28-20-12-4)22-14-16-24(7)8;/h9-22H2,1-8H3;1H3. The molecule has 3 N–H and O–H groups in total. The second-order valence-corrected chi connectivity index (χ2v) is 14.4. The van der Waals surface area contributed by atoms with Crippen molar-refractivity contribution in [1.29, 1.82) is 0 Å². The highest BCUT2D eigenvalue weighted by atomic mass is 28.5. The van der Waals surface area contributed by atoms with Gasteiger partial charge < -0.3 is 37.8 Å². The fourth-order valence-electron chi connectivity index (χ4n) is 3.08. The van der Waals surface area contributed by atoms with Crippen molar-refractivity contribution in [2.45, 2.75) is 78.3 Å². The highest BCUT2D eigenvalue weighted by Gasteiger charge is 2.53. The van der Waals surface area contributed by atoms with Crippen LogP contribution in [0.1, 0.15) is 66.2 Å². The summed E-state index contributed by atoms with van der Waals surface area (Å²) in [6, 6.07) is 1.58. The van der Waals surface area contributed by atoms with E-state index in [4.69, 9.17) is 21.8 Å². The Hall–Kier alpha value is 0.114. The minimum Gasteiger partial charge on any atom is -0.374 e. The third kappa shape index (κ3) is 15.9. The van der Waals surface area contributed by atoms with Crippen molar-refractivity contribution in [2.75, 3.05) is 67.7 Å². The molecule has 0 radical (unpaired) electrons. The van der Waals surface area contributed by atoms with Gasteiger partial charge in [-0.2, -0.15) is 0 Å². The van der Waals surface area contributed by atoms with Gasteiger partial charge in [0.15, 0.2) is 0 Å². The molecule has 10 heteroatoms. The van der Waals surface area contributed by atoms with Crippen molar-refractivity contribution in [3.05, 3.63) is 0 Å². The minimum atomic E-state index is -2.95. The Morgan fingerprint density at radius 2 is 0.812 bits per heavy atom. The Balaban J connectivity index is 0. The Morgan fingerprint density at radius 1 is 0.531 bits per heavy atom. The van der Waals surface area contributed by atoms with Crippen LogP contribution in [0, 0.1) is 0 Å². The zero-order chi connectivity index (χ0) is 23.6. The highest BCUT2D eigenvalue weighted by Crippen LogP contribution is 2.29. The second kappa shape index (κ2) is 20.5. The predicted octanol–water partition coefficient (Wildman–Crippen LogP) is 4.65. The Bertz CT molecular complexity index is 369. The first-order valence-corrected chi connectivity index (χ1v) is 16.2. The molecule has 0 heterocycles. The molecule has 0 aromatic carbocycles. The molecule has 0 fully saturated rings. The van der Waals surface area contributed by atoms with Gasteiger partial charge in [0, 0.05) is 38.5 Å². The number of hydrogen-bond acceptors (Lipinski definition) is 8. The van der Waals surface area contributed by atoms with Crippen molar-refractivity contribution in [1.82, 2.24) is 16.0 Å². The largest absolute Gasteiger partial charge is 0.493 e. The average molecular weight is 498 g/mol. The van der Waals surface area contributed by atoms with Crippen LogP contribution < -0.4 is 6.15 Å².